The maximum atomic E-state index is 12.4. The molecule has 0 atom stereocenters. The number of nitrogens with two attached hydrogens (primary N) is 1. The van der Waals surface area contributed by atoms with Crippen LogP contribution in [-0.2, 0) is 22.7 Å². The summed E-state index contributed by atoms with van der Waals surface area (Å²) < 4.78 is 63.5. The van der Waals surface area contributed by atoms with Gasteiger partial charge in [0.05, 0.1) is 11.9 Å². The van der Waals surface area contributed by atoms with Crippen molar-refractivity contribution in [1.29, 1.82) is 0 Å². The van der Waals surface area contributed by atoms with Gasteiger partial charge in [-0.25, -0.2) is 13.4 Å². The molecule has 0 radical (unpaired) electrons. The van der Waals surface area contributed by atoms with Crippen LogP contribution in [0.1, 0.15) is 10.6 Å². The predicted octanol–water partition coefficient (Wildman–Crippen LogP) is 2.42. The van der Waals surface area contributed by atoms with Gasteiger partial charge in [-0.1, -0.05) is 0 Å². The first-order valence-corrected chi connectivity index (χ1v) is 7.93. The minimum absolute atomic E-state index is 0.00916. The average molecular weight is 337 g/mol. The Morgan fingerprint density at radius 3 is 2.52 bits per heavy atom. The first-order valence-electron chi connectivity index (χ1n) is 5.56. The van der Waals surface area contributed by atoms with E-state index >= 15 is 0 Å². The van der Waals surface area contributed by atoms with Crippen molar-refractivity contribution in [1.82, 2.24) is 4.98 Å². The Kier molecular flexibility index (Phi) is 4.21. The molecule has 2 aromatic rings. The molecule has 0 saturated carbocycles. The molecule has 21 heavy (non-hydrogen) atoms. The van der Waals surface area contributed by atoms with Crippen LogP contribution < -0.4 is 10.5 Å². The Labute approximate surface area is 122 Å². The topological polar surface area (TPSA) is 85.1 Å². The third kappa shape index (κ3) is 3.52. The summed E-state index contributed by atoms with van der Waals surface area (Å²) in [5, 5.41) is 1.57. The van der Waals surface area contributed by atoms with Crippen LogP contribution in [0.5, 0.6) is 0 Å². The van der Waals surface area contributed by atoms with Crippen molar-refractivity contribution in [2.75, 3.05) is 4.72 Å². The van der Waals surface area contributed by atoms with Gasteiger partial charge in [-0.2, -0.15) is 13.2 Å². The second-order valence-corrected chi connectivity index (χ2v) is 6.60. The minimum Gasteiger partial charge on any atom is -0.326 e. The molecule has 0 spiro atoms. The summed E-state index contributed by atoms with van der Waals surface area (Å²) in [5.41, 5.74) is 4.28. The summed E-state index contributed by atoms with van der Waals surface area (Å²) in [6.07, 6.45) is -3.76. The highest BCUT2D eigenvalue weighted by atomic mass is 32.2. The monoisotopic (exact) mass is 337 g/mol. The van der Waals surface area contributed by atoms with E-state index in [0.29, 0.717) is 10.9 Å². The maximum absolute atomic E-state index is 12.4. The van der Waals surface area contributed by atoms with Crippen molar-refractivity contribution >= 4 is 27.0 Å². The number of thiophene rings is 1. The molecule has 2 rings (SSSR count). The van der Waals surface area contributed by atoms with Crippen LogP contribution in [-0.4, -0.2) is 13.4 Å². The second-order valence-electron chi connectivity index (χ2n) is 3.95. The van der Waals surface area contributed by atoms with Crippen molar-refractivity contribution in [3.05, 3.63) is 40.3 Å². The smallest absolute Gasteiger partial charge is 0.326 e. The lowest BCUT2D eigenvalue weighted by molar-refractivity contribution is -0.141. The van der Waals surface area contributed by atoms with Gasteiger partial charge in [-0.3, -0.25) is 4.72 Å². The number of aromatic nitrogens is 1. The molecule has 5 nitrogen and oxygen atoms in total. The first kappa shape index (κ1) is 15.7. The van der Waals surface area contributed by atoms with Gasteiger partial charge in [-0.05, 0) is 23.6 Å². The first-order chi connectivity index (χ1) is 9.74. The molecule has 3 N–H and O–H groups in total. The standard InChI is InChI=1S/C11H10F3N3O2S2/c12-11(13,14)10-2-1-7(6-16-10)17-21(18,19)9-3-4-20-8(9)5-15/h1-4,6,17H,5,15H2. The van der Waals surface area contributed by atoms with Gasteiger partial charge in [0.2, 0.25) is 0 Å². The minimum atomic E-state index is -4.57. The van der Waals surface area contributed by atoms with E-state index in [1.54, 1.807) is 5.38 Å². The van der Waals surface area contributed by atoms with E-state index in [-0.39, 0.29) is 17.1 Å². The average Bonchev–Trinajstić information content (AvgIpc) is 2.87. The van der Waals surface area contributed by atoms with Gasteiger partial charge in [0.25, 0.3) is 10.0 Å². The van der Waals surface area contributed by atoms with Crippen molar-refractivity contribution in [3.8, 4) is 0 Å². The van der Waals surface area contributed by atoms with E-state index in [9.17, 15) is 21.6 Å². The number of hydrogen-bond acceptors (Lipinski definition) is 5. The van der Waals surface area contributed by atoms with Crippen LogP contribution in [0, 0.1) is 0 Å². The summed E-state index contributed by atoms with van der Waals surface area (Å²) in [7, 11) is -3.90. The van der Waals surface area contributed by atoms with Gasteiger partial charge in [-0.15, -0.1) is 11.3 Å². The lowest BCUT2D eigenvalue weighted by Crippen LogP contribution is -2.15. The molecule has 0 aliphatic heterocycles. The fraction of sp³-hybridized carbons (Fsp3) is 0.182. The molecular weight excluding hydrogens is 327 g/mol. The summed E-state index contributed by atoms with van der Waals surface area (Å²) in [5.74, 6) is 0. The molecule has 0 saturated heterocycles. The number of pyridine rings is 1. The van der Waals surface area contributed by atoms with E-state index in [1.807, 2.05) is 0 Å². The maximum Gasteiger partial charge on any atom is 0.433 e. The summed E-state index contributed by atoms with van der Waals surface area (Å²) >= 11 is 1.18. The predicted molar refractivity (Wildman–Crippen MR) is 72.3 cm³/mol. The van der Waals surface area contributed by atoms with Gasteiger partial charge in [0.1, 0.15) is 10.6 Å². The number of anilines is 1. The number of nitrogens with zero attached hydrogens (tertiary/aromatic N) is 1. The molecule has 0 bridgehead atoms. The summed E-state index contributed by atoms with van der Waals surface area (Å²) in [6.45, 7) is 0.0547. The molecule has 0 aliphatic rings. The number of halogens is 3. The van der Waals surface area contributed by atoms with Crippen LogP contribution in [0.2, 0.25) is 0 Å². The molecule has 0 aromatic carbocycles. The highest BCUT2D eigenvalue weighted by Crippen LogP contribution is 2.28. The van der Waals surface area contributed by atoms with Gasteiger partial charge in [0, 0.05) is 11.4 Å². The Balaban J connectivity index is 2.25. The molecule has 0 unspecified atom stereocenters. The lowest BCUT2D eigenvalue weighted by Gasteiger charge is -2.09. The molecule has 0 fully saturated rings. The molecule has 2 aromatic heterocycles. The zero-order valence-corrected chi connectivity index (χ0v) is 12.0. The molecule has 10 heteroatoms. The van der Waals surface area contributed by atoms with Crippen molar-refractivity contribution < 1.29 is 21.6 Å². The zero-order valence-electron chi connectivity index (χ0n) is 10.4. The number of alkyl halides is 3. The van der Waals surface area contributed by atoms with Crippen molar-refractivity contribution in [2.45, 2.75) is 17.6 Å². The Hall–Kier alpha value is -1.65. The van der Waals surface area contributed by atoms with E-state index in [2.05, 4.69) is 9.71 Å². The number of rotatable bonds is 4. The van der Waals surface area contributed by atoms with Crippen LogP contribution in [0.15, 0.2) is 34.7 Å². The van der Waals surface area contributed by atoms with Gasteiger partial charge < -0.3 is 5.73 Å². The lowest BCUT2D eigenvalue weighted by atomic mass is 10.3. The fourth-order valence-electron chi connectivity index (χ4n) is 1.55. The largest absolute Gasteiger partial charge is 0.433 e. The third-order valence-electron chi connectivity index (χ3n) is 2.49. The normalized spacial score (nSPS) is 12.4. The number of sulfonamides is 1. The van der Waals surface area contributed by atoms with E-state index < -0.39 is 21.9 Å². The molecule has 0 aliphatic carbocycles. The fourth-order valence-corrected chi connectivity index (χ4v) is 3.93. The molecule has 114 valence electrons. The highest BCUT2D eigenvalue weighted by Gasteiger charge is 2.32. The van der Waals surface area contributed by atoms with Crippen molar-refractivity contribution in [3.63, 3.8) is 0 Å². The summed E-state index contributed by atoms with van der Waals surface area (Å²) in [4.78, 5) is 3.65. The van der Waals surface area contributed by atoms with E-state index in [0.717, 1.165) is 12.3 Å². The Morgan fingerprint density at radius 1 is 1.29 bits per heavy atom. The molecular formula is C11H10F3N3O2S2. The number of hydrogen-bond donors (Lipinski definition) is 2. The van der Waals surface area contributed by atoms with Crippen molar-refractivity contribution in [2.24, 2.45) is 5.73 Å². The van der Waals surface area contributed by atoms with E-state index in [1.165, 1.54) is 17.4 Å². The van der Waals surface area contributed by atoms with Crippen LogP contribution >= 0.6 is 11.3 Å². The second kappa shape index (κ2) is 5.62. The SMILES string of the molecule is NCc1sccc1S(=O)(=O)Nc1ccc(C(F)(F)F)nc1. The Bertz CT molecular complexity index is 724. The van der Waals surface area contributed by atoms with Crippen LogP contribution in [0.4, 0.5) is 18.9 Å². The van der Waals surface area contributed by atoms with Crippen LogP contribution in [0.3, 0.4) is 0 Å². The quantitative estimate of drug-likeness (QED) is 0.897. The van der Waals surface area contributed by atoms with Gasteiger partial charge >= 0.3 is 6.18 Å². The highest BCUT2D eigenvalue weighted by molar-refractivity contribution is 7.93. The zero-order chi connectivity index (χ0) is 15.7. The third-order valence-corrected chi connectivity index (χ3v) is 5.02. The molecule has 2 heterocycles. The van der Waals surface area contributed by atoms with Crippen LogP contribution in [0.25, 0.3) is 0 Å². The summed E-state index contributed by atoms with van der Waals surface area (Å²) in [6, 6.07) is 3.09. The Morgan fingerprint density at radius 2 is 2.00 bits per heavy atom. The van der Waals surface area contributed by atoms with E-state index in [4.69, 9.17) is 5.73 Å². The molecule has 0 amide bonds. The van der Waals surface area contributed by atoms with Gasteiger partial charge in [0.15, 0.2) is 0 Å². The number of nitrogens with one attached hydrogen (secondary N) is 1.